The first-order chi connectivity index (χ1) is 9.72. The normalized spacial score (nSPS) is 10.8. The number of hydrogen-bond acceptors (Lipinski definition) is 3. The summed E-state index contributed by atoms with van der Waals surface area (Å²) < 4.78 is 5.12. The van der Waals surface area contributed by atoms with Crippen molar-refractivity contribution in [2.24, 2.45) is 0 Å². The second-order valence-corrected chi connectivity index (χ2v) is 5.31. The molecule has 1 aromatic heterocycles. The van der Waals surface area contributed by atoms with E-state index in [2.05, 4.69) is 30.3 Å². The van der Waals surface area contributed by atoms with Gasteiger partial charge in [-0.1, -0.05) is 24.6 Å². The van der Waals surface area contributed by atoms with Gasteiger partial charge in [0.2, 0.25) is 0 Å². The predicted molar refractivity (Wildman–Crippen MR) is 84.3 cm³/mol. The highest BCUT2D eigenvalue weighted by atomic mass is 35.5. The van der Waals surface area contributed by atoms with Crippen molar-refractivity contribution in [3.05, 3.63) is 52.9 Å². The van der Waals surface area contributed by atoms with Gasteiger partial charge in [-0.3, -0.25) is 0 Å². The molecule has 1 heterocycles. The van der Waals surface area contributed by atoms with Gasteiger partial charge in [0.15, 0.2) is 0 Å². The van der Waals surface area contributed by atoms with Crippen LogP contribution in [-0.4, -0.2) is 13.6 Å². The average Bonchev–Trinajstić information content (AvgIpc) is 2.93. The zero-order chi connectivity index (χ0) is 14.4. The lowest BCUT2D eigenvalue weighted by Gasteiger charge is -2.23. The monoisotopic (exact) mass is 292 g/mol. The Balaban J connectivity index is 2.14. The minimum absolute atomic E-state index is 0.790. The molecule has 2 rings (SSSR count). The number of halogens is 1. The molecule has 1 N–H and O–H groups in total. The maximum Gasteiger partial charge on any atom is 0.0952 e. The summed E-state index contributed by atoms with van der Waals surface area (Å²) in [6, 6.07) is 8.03. The molecule has 1 aromatic carbocycles. The highest BCUT2D eigenvalue weighted by molar-refractivity contribution is 6.31. The van der Waals surface area contributed by atoms with Gasteiger partial charge in [0, 0.05) is 42.0 Å². The van der Waals surface area contributed by atoms with Crippen LogP contribution in [0.5, 0.6) is 0 Å². The first-order valence-electron chi connectivity index (χ1n) is 6.92. The summed E-state index contributed by atoms with van der Waals surface area (Å²) in [6.45, 7) is 4.75. The highest BCUT2D eigenvalue weighted by Crippen LogP contribution is 2.27. The lowest BCUT2D eigenvalue weighted by Crippen LogP contribution is -2.21. The van der Waals surface area contributed by atoms with E-state index in [0.717, 1.165) is 47.9 Å². The number of nitrogens with zero attached hydrogens (tertiary/aromatic N) is 1. The van der Waals surface area contributed by atoms with Crippen molar-refractivity contribution < 1.29 is 4.42 Å². The molecule has 4 heteroatoms. The molecular weight excluding hydrogens is 272 g/mol. The summed E-state index contributed by atoms with van der Waals surface area (Å²) in [5, 5.41) is 4.23. The van der Waals surface area contributed by atoms with Crippen molar-refractivity contribution in [1.82, 2.24) is 5.32 Å². The third-order valence-electron chi connectivity index (χ3n) is 3.23. The summed E-state index contributed by atoms with van der Waals surface area (Å²) in [5.41, 5.74) is 3.45. The highest BCUT2D eigenvalue weighted by Gasteiger charge is 2.11. The average molecular weight is 293 g/mol. The predicted octanol–water partition coefficient (Wildman–Crippen LogP) is 4.07. The summed E-state index contributed by atoms with van der Waals surface area (Å²) in [4.78, 5) is 2.19. The van der Waals surface area contributed by atoms with Crippen molar-refractivity contribution in [3.63, 3.8) is 0 Å². The maximum absolute atomic E-state index is 6.35. The van der Waals surface area contributed by atoms with Crippen LogP contribution in [0.4, 0.5) is 5.69 Å². The smallest absolute Gasteiger partial charge is 0.0952 e. The van der Waals surface area contributed by atoms with Crippen molar-refractivity contribution in [2.75, 3.05) is 18.5 Å². The number of benzene rings is 1. The van der Waals surface area contributed by atoms with E-state index in [1.54, 1.807) is 12.5 Å². The van der Waals surface area contributed by atoms with Gasteiger partial charge in [-0.2, -0.15) is 0 Å². The van der Waals surface area contributed by atoms with Crippen LogP contribution in [0.2, 0.25) is 5.02 Å². The molecule has 108 valence electrons. The van der Waals surface area contributed by atoms with E-state index in [4.69, 9.17) is 16.0 Å². The first kappa shape index (κ1) is 14.9. The molecular formula is C16H21ClN2O. The second kappa shape index (κ2) is 7.36. The van der Waals surface area contributed by atoms with Crippen LogP contribution < -0.4 is 10.2 Å². The summed E-state index contributed by atoms with van der Waals surface area (Å²) in [5.74, 6) is 0. The molecule has 2 aromatic rings. The fraction of sp³-hybridized carbons (Fsp3) is 0.375. The zero-order valence-electron chi connectivity index (χ0n) is 12.0. The van der Waals surface area contributed by atoms with E-state index in [-0.39, 0.29) is 0 Å². The topological polar surface area (TPSA) is 28.4 Å². The van der Waals surface area contributed by atoms with Gasteiger partial charge < -0.3 is 14.6 Å². The third-order valence-corrected chi connectivity index (χ3v) is 3.59. The van der Waals surface area contributed by atoms with Crippen molar-refractivity contribution >= 4 is 17.3 Å². The first-order valence-corrected chi connectivity index (χ1v) is 7.30. The molecule has 0 fully saturated rings. The molecule has 20 heavy (non-hydrogen) atoms. The number of anilines is 1. The van der Waals surface area contributed by atoms with Crippen molar-refractivity contribution in [3.8, 4) is 0 Å². The van der Waals surface area contributed by atoms with E-state index in [1.165, 1.54) is 0 Å². The third kappa shape index (κ3) is 3.78. The van der Waals surface area contributed by atoms with Crippen LogP contribution >= 0.6 is 11.6 Å². The number of furan rings is 1. The lowest BCUT2D eigenvalue weighted by atomic mass is 10.1. The minimum Gasteiger partial charge on any atom is -0.472 e. The van der Waals surface area contributed by atoms with Gasteiger partial charge in [0.1, 0.15) is 0 Å². The molecule has 0 aliphatic rings. The molecule has 0 unspecified atom stereocenters. The van der Waals surface area contributed by atoms with E-state index < -0.39 is 0 Å². The fourth-order valence-corrected chi connectivity index (χ4v) is 2.45. The maximum atomic E-state index is 6.35. The Morgan fingerprint density at radius 2 is 2.15 bits per heavy atom. The van der Waals surface area contributed by atoms with Gasteiger partial charge in [-0.15, -0.1) is 0 Å². The van der Waals surface area contributed by atoms with Crippen LogP contribution in [0.3, 0.4) is 0 Å². The van der Waals surface area contributed by atoms with E-state index in [9.17, 15) is 0 Å². The molecule has 3 nitrogen and oxygen atoms in total. The number of nitrogens with one attached hydrogen (secondary N) is 1. The molecule has 0 spiro atoms. The van der Waals surface area contributed by atoms with Gasteiger partial charge in [0.25, 0.3) is 0 Å². The van der Waals surface area contributed by atoms with Crippen molar-refractivity contribution in [1.29, 1.82) is 0 Å². The number of hydrogen-bond donors (Lipinski definition) is 1. The SMILES string of the molecule is CCCNCc1c(Cl)cccc1N(C)Cc1ccoc1. The van der Waals surface area contributed by atoms with Gasteiger partial charge >= 0.3 is 0 Å². The Kier molecular flexibility index (Phi) is 5.50. The van der Waals surface area contributed by atoms with Crippen LogP contribution in [0, 0.1) is 0 Å². The van der Waals surface area contributed by atoms with E-state index >= 15 is 0 Å². The van der Waals surface area contributed by atoms with E-state index in [0.29, 0.717) is 0 Å². The Labute approximate surface area is 125 Å². The zero-order valence-corrected chi connectivity index (χ0v) is 12.8. The lowest BCUT2D eigenvalue weighted by molar-refractivity contribution is 0.563. The Morgan fingerprint density at radius 3 is 2.85 bits per heavy atom. The van der Waals surface area contributed by atoms with Crippen molar-refractivity contribution in [2.45, 2.75) is 26.4 Å². The minimum atomic E-state index is 0.790. The Morgan fingerprint density at radius 1 is 1.30 bits per heavy atom. The summed E-state index contributed by atoms with van der Waals surface area (Å²) in [6.07, 6.45) is 4.59. The second-order valence-electron chi connectivity index (χ2n) is 4.90. The summed E-state index contributed by atoms with van der Waals surface area (Å²) in [7, 11) is 2.07. The van der Waals surface area contributed by atoms with E-state index in [1.807, 2.05) is 18.2 Å². The van der Waals surface area contributed by atoms with Gasteiger partial charge in [-0.25, -0.2) is 0 Å². The largest absolute Gasteiger partial charge is 0.472 e. The molecule has 0 saturated heterocycles. The number of rotatable bonds is 7. The van der Waals surface area contributed by atoms with Crippen LogP contribution in [0.15, 0.2) is 41.2 Å². The Hall–Kier alpha value is -1.45. The summed E-state index contributed by atoms with van der Waals surface area (Å²) >= 11 is 6.35. The fourth-order valence-electron chi connectivity index (χ4n) is 2.21. The molecule has 0 radical (unpaired) electrons. The molecule has 0 saturated carbocycles. The van der Waals surface area contributed by atoms with Crippen LogP contribution in [-0.2, 0) is 13.1 Å². The molecule has 0 aliphatic heterocycles. The standard InChI is InChI=1S/C16H21ClN2O/c1-3-8-18-10-14-15(17)5-4-6-16(14)19(2)11-13-7-9-20-12-13/h4-7,9,12,18H,3,8,10-11H2,1-2H3. The quantitative estimate of drug-likeness (QED) is 0.780. The Bertz CT molecular complexity index is 525. The van der Waals surface area contributed by atoms with Crippen LogP contribution in [0.1, 0.15) is 24.5 Å². The molecule has 0 amide bonds. The van der Waals surface area contributed by atoms with Crippen LogP contribution in [0.25, 0.3) is 0 Å². The van der Waals surface area contributed by atoms with Gasteiger partial charge in [-0.05, 0) is 31.2 Å². The molecule has 0 aliphatic carbocycles. The molecule has 0 bridgehead atoms. The van der Waals surface area contributed by atoms with Gasteiger partial charge in [0.05, 0.1) is 12.5 Å². The molecule has 0 atom stereocenters.